The molecule has 2 aliphatic heterocycles. The van der Waals surface area contributed by atoms with Crippen LogP contribution in [-0.2, 0) is 27.1 Å². The van der Waals surface area contributed by atoms with E-state index in [2.05, 4.69) is 5.32 Å². The molecule has 0 unspecified atom stereocenters. The van der Waals surface area contributed by atoms with Crippen molar-refractivity contribution in [3.63, 3.8) is 0 Å². The number of anilines is 3. The molecule has 8 nitrogen and oxygen atoms in total. The van der Waals surface area contributed by atoms with Crippen LogP contribution in [0.5, 0.6) is 0 Å². The second-order valence-corrected chi connectivity index (χ2v) is 12.7. The number of carbonyl (C=O) groups is 3. The number of thioether (sulfide) groups is 1. The quantitative estimate of drug-likeness (QED) is 0.284. The van der Waals surface area contributed by atoms with Gasteiger partial charge >= 0.3 is 11.0 Å². The third-order valence-corrected chi connectivity index (χ3v) is 10.2. The van der Waals surface area contributed by atoms with E-state index in [1.807, 2.05) is 43.3 Å². The Kier molecular flexibility index (Phi) is 7.62. The Morgan fingerprint density at radius 2 is 1.64 bits per heavy atom. The molecule has 0 bridgehead atoms. The lowest BCUT2D eigenvalue weighted by Gasteiger charge is -2.31. The number of benzene rings is 3. The number of hydrogen-bond donors (Lipinski definition) is 1. The second-order valence-electron chi connectivity index (χ2n) is 10.6. The molecule has 0 spiro atoms. The molecule has 1 fully saturated rings. The molecule has 1 saturated heterocycles. The van der Waals surface area contributed by atoms with Crippen LogP contribution in [-0.4, -0.2) is 41.6 Å². The highest BCUT2D eigenvalue weighted by Crippen LogP contribution is 2.54. The number of aromatic nitrogens is 1. The predicted octanol–water partition coefficient (Wildman–Crippen LogP) is 5.43. The molecule has 3 aromatic carbocycles. The number of halogens is 3. The fourth-order valence-corrected chi connectivity index (χ4v) is 8.31. The lowest BCUT2D eigenvalue weighted by molar-refractivity contribution is -0.137. The first-order valence-corrected chi connectivity index (χ1v) is 15.2. The van der Waals surface area contributed by atoms with E-state index in [4.69, 9.17) is 0 Å². The van der Waals surface area contributed by atoms with E-state index in [9.17, 15) is 32.3 Å². The monoisotopic (exact) mass is 638 g/mol. The third kappa shape index (κ3) is 5.30. The summed E-state index contributed by atoms with van der Waals surface area (Å²) in [6.45, 7) is -0.324. The average molecular weight is 639 g/mol. The van der Waals surface area contributed by atoms with Crippen LogP contribution < -0.4 is 20.0 Å². The summed E-state index contributed by atoms with van der Waals surface area (Å²) >= 11 is 1.90. The number of para-hydroxylation sites is 1. The molecule has 1 N–H and O–H groups in total. The molecule has 3 heterocycles. The van der Waals surface area contributed by atoms with Gasteiger partial charge < -0.3 is 10.2 Å². The van der Waals surface area contributed by atoms with E-state index in [0.29, 0.717) is 21.2 Å². The number of hydrogen-bond acceptors (Lipinski definition) is 7. The van der Waals surface area contributed by atoms with Gasteiger partial charge in [-0.05, 0) is 48.0 Å². The number of imide groups is 1. The third-order valence-electron chi connectivity index (χ3n) is 7.61. The molecule has 226 valence electrons. The average Bonchev–Trinajstić information content (AvgIpc) is 3.43. The lowest BCUT2D eigenvalue weighted by Crippen LogP contribution is -2.33. The molecule has 3 amide bonds. The maximum Gasteiger partial charge on any atom is 0.416 e. The summed E-state index contributed by atoms with van der Waals surface area (Å²) in [6.07, 6.45) is -4.67. The van der Waals surface area contributed by atoms with Crippen molar-refractivity contribution in [3.05, 3.63) is 105 Å². The van der Waals surface area contributed by atoms with Crippen molar-refractivity contribution in [1.29, 1.82) is 0 Å². The molecule has 0 radical (unpaired) electrons. The van der Waals surface area contributed by atoms with Gasteiger partial charge in [0.25, 0.3) is 0 Å². The van der Waals surface area contributed by atoms with Crippen LogP contribution in [0.3, 0.4) is 0 Å². The standard InChI is InChI=1S/C31H25F3N4O4S2/c1-36(2)20-13-11-17(12-14-20)23-24-25(28(41)38(27(24)40)21-10-6-7-18(15-21)31(32,33)34)43-29-26(23)44-30(42)37(29)16-22(39)35-19-8-4-3-5-9-19/h3-15,23-25H,16H2,1-2H3,(H,35,39)/t23-,24-,25+/m0/s1. The van der Waals surface area contributed by atoms with Gasteiger partial charge in [0.2, 0.25) is 17.7 Å². The summed E-state index contributed by atoms with van der Waals surface area (Å²) in [5, 5.41) is 2.11. The van der Waals surface area contributed by atoms with E-state index in [0.717, 1.165) is 51.9 Å². The summed E-state index contributed by atoms with van der Waals surface area (Å²) in [5.41, 5.74) is 0.954. The summed E-state index contributed by atoms with van der Waals surface area (Å²) in [7, 11) is 3.75. The summed E-state index contributed by atoms with van der Waals surface area (Å²) in [5.74, 6) is -3.50. The predicted molar refractivity (Wildman–Crippen MR) is 163 cm³/mol. The van der Waals surface area contributed by atoms with Crippen LogP contribution in [0.15, 0.2) is 88.7 Å². The summed E-state index contributed by atoms with van der Waals surface area (Å²) < 4.78 is 41.9. The van der Waals surface area contributed by atoms with Crippen molar-refractivity contribution < 1.29 is 27.6 Å². The number of alkyl halides is 3. The second kappa shape index (κ2) is 11.3. The Balaban J connectivity index is 1.43. The smallest absolute Gasteiger partial charge is 0.378 e. The van der Waals surface area contributed by atoms with Crippen LogP contribution >= 0.6 is 23.1 Å². The van der Waals surface area contributed by atoms with Crippen LogP contribution in [0.25, 0.3) is 0 Å². The van der Waals surface area contributed by atoms with Gasteiger partial charge in [0.15, 0.2) is 0 Å². The Morgan fingerprint density at radius 3 is 2.30 bits per heavy atom. The Labute approximate surface area is 258 Å². The number of fused-ring (bicyclic) bond motifs is 2. The first-order valence-electron chi connectivity index (χ1n) is 13.5. The Morgan fingerprint density at radius 1 is 0.932 bits per heavy atom. The molecule has 0 aliphatic carbocycles. The zero-order valence-electron chi connectivity index (χ0n) is 23.4. The highest BCUT2D eigenvalue weighted by atomic mass is 32.2. The fraction of sp³-hybridized carbons (Fsp3) is 0.226. The van der Waals surface area contributed by atoms with Gasteiger partial charge in [-0.2, -0.15) is 13.2 Å². The van der Waals surface area contributed by atoms with Crippen molar-refractivity contribution >= 4 is 57.9 Å². The zero-order chi connectivity index (χ0) is 31.3. The fourth-order valence-electron chi connectivity index (χ4n) is 5.54. The lowest BCUT2D eigenvalue weighted by atomic mass is 9.83. The van der Waals surface area contributed by atoms with Gasteiger partial charge in [-0.3, -0.25) is 23.7 Å². The van der Waals surface area contributed by atoms with Gasteiger partial charge in [0, 0.05) is 36.3 Å². The van der Waals surface area contributed by atoms with Gasteiger partial charge in [0.1, 0.15) is 11.8 Å². The highest BCUT2D eigenvalue weighted by molar-refractivity contribution is 8.00. The number of amides is 3. The Hall–Kier alpha value is -4.36. The molecular formula is C31H25F3N4O4S2. The topological polar surface area (TPSA) is 91.7 Å². The first kappa shape index (κ1) is 29.7. The maximum atomic E-state index is 14.0. The van der Waals surface area contributed by atoms with Crippen LogP contribution in [0.2, 0.25) is 0 Å². The molecule has 4 aromatic rings. The normalized spacial score (nSPS) is 19.5. The van der Waals surface area contributed by atoms with Gasteiger partial charge in [-0.15, -0.1) is 0 Å². The molecule has 0 saturated carbocycles. The van der Waals surface area contributed by atoms with E-state index in [-0.39, 0.29) is 12.2 Å². The van der Waals surface area contributed by atoms with Crippen molar-refractivity contribution in [2.45, 2.75) is 28.9 Å². The Bertz CT molecular complexity index is 1820. The van der Waals surface area contributed by atoms with Gasteiger partial charge in [-0.1, -0.05) is 59.5 Å². The van der Waals surface area contributed by atoms with Crippen molar-refractivity contribution in [2.75, 3.05) is 29.2 Å². The molecule has 1 aromatic heterocycles. The van der Waals surface area contributed by atoms with Crippen LogP contribution in [0, 0.1) is 5.92 Å². The number of rotatable bonds is 6. The molecule has 44 heavy (non-hydrogen) atoms. The van der Waals surface area contributed by atoms with E-state index in [1.165, 1.54) is 10.6 Å². The number of nitrogens with one attached hydrogen (secondary N) is 1. The summed E-state index contributed by atoms with van der Waals surface area (Å²) in [4.78, 5) is 57.0. The SMILES string of the molecule is CN(C)c1ccc([C@@H]2c3sc(=O)n(CC(=O)Nc4ccccc4)c3S[C@H]3C(=O)N(c4cccc(C(F)(F)F)c4)C(=O)[C@@H]23)cc1. The number of nitrogens with zero attached hydrogens (tertiary/aromatic N) is 3. The molecule has 3 atom stereocenters. The van der Waals surface area contributed by atoms with Gasteiger partial charge in [-0.25, -0.2) is 4.90 Å². The van der Waals surface area contributed by atoms with E-state index < -0.39 is 51.4 Å². The zero-order valence-corrected chi connectivity index (χ0v) is 25.0. The molecule has 2 aliphatic rings. The maximum absolute atomic E-state index is 14.0. The number of thiazole rings is 1. The highest BCUT2D eigenvalue weighted by Gasteiger charge is 2.57. The van der Waals surface area contributed by atoms with Crippen LogP contribution in [0.1, 0.15) is 21.9 Å². The largest absolute Gasteiger partial charge is 0.416 e. The molecule has 6 rings (SSSR count). The van der Waals surface area contributed by atoms with E-state index in [1.54, 1.807) is 30.3 Å². The van der Waals surface area contributed by atoms with Crippen molar-refractivity contribution in [2.24, 2.45) is 5.92 Å². The molecular weight excluding hydrogens is 613 g/mol. The molecule has 13 heteroatoms. The number of carbonyl (C=O) groups excluding carboxylic acids is 3. The first-order chi connectivity index (χ1) is 20.9. The minimum atomic E-state index is -4.67. The van der Waals surface area contributed by atoms with E-state index >= 15 is 0 Å². The minimum Gasteiger partial charge on any atom is -0.378 e. The van der Waals surface area contributed by atoms with Crippen molar-refractivity contribution in [3.8, 4) is 0 Å². The van der Waals surface area contributed by atoms with Crippen molar-refractivity contribution in [1.82, 2.24) is 4.57 Å². The summed E-state index contributed by atoms with van der Waals surface area (Å²) in [6, 6.07) is 20.2. The van der Waals surface area contributed by atoms with Crippen LogP contribution in [0.4, 0.5) is 30.2 Å². The van der Waals surface area contributed by atoms with Gasteiger partial charge in [0.05, 0.1) is 22.2 Å². The minimum absolute atomic E-state index is 0.172.